The number of aryl methyl sites for hydroxylation is 1. The highest BCUT2D eigenvalue weighted by Gasteiger charge is 2.19. The van der Waals surface area contributed by atoms with Crippen molar-refractivity contribution in [3.05, 3.63) is 45.6 Å². The average Bonchev–Trinajstić information content (AvgIpc) is 3.40. The first-order valence-corrected chi connectivity index (χ1v) is 11.2. The second-order valence-electron chi connectivity index (χ2n) is 6.07. The number of hydrogen-bond donors (Lipinski definition) is 2. The van der Waals surface area contributed by atoms with Crippen molar-refractivity contribution in [2.75, 3.05) is 11.1 Å². The van der Waals surface area contributed by atoms with E-state index in [9.17, 15) is 4.79 Å². The number of hydrogen-bond acceptors (Lipinski definition) is 7. The molecule has 4 rings (SSSR count). The van der Waals surface area contributed by atoms with Gasteiger partial charge in [-0.2, -0.15) is 0 Å². The molecule has 0 unspecified atom stereocenters. The Hall–Kier alpha value is -2.29. The van der Waals surface area contributed by atoms with Crippen molar-refractivity contribution in [2.45, 2.75) is 26.2 Å². The summed E-state index contributed by atoms with van der Waals surface area (Å²) >= 11 is 4.36. The topological polar surface area (TPSA) is 80.9 Å². The molecule has 1 amide bonds. The zero-order valence-corrected chi connectivity index (χ0v) is 17.1. The third-order valence-electron chi connectivity index (χ3n) is 4.14. The van der Waals surface area contributed by atoms with Crippen molar-refractivity contribution in [1.82, 2.24) is 9.97 Å². The van der Waals surface area contributed by atoms with Crippen molar-refractivity contribution in [1.29, 1.82) is 0 Å². The smallest absolute Gasteiger partial charge is 0.269 e. The van der Waals surface area contributed by atoms with Crippen LogP contribution in [0.15, 0.2) is 35.0 Å². The minimum atomic E-state index is -0.238. The van der Waals surface area contributed by atoms with E-state index in [1.165, 1.54) is 22.7 Å². The van der Waals surface area contributed by atoms with Gasteiger partial charge in [-0.3, -0.25) is 10.1 Å². The van der Waals surface area contributed by atoms with Gasteiger partial charge >= 0.3 is 0 Å². The Bertz CT molecular complexity index is 1080. The number of anilines is 2. The van der Waals surface area contributed by atoms with Gasteiger partial charge in [0.25, 0.3) is 5.91 Å². The van der Waals surface area contributed by atoms with Crippen molar-refractivity contribution < 1.29 is 4.79 Å². The number of nitrogens with one attached hydrogen (secondary N) is 1. The Kier molecular flexibility index (Phi) is 5.20. The molecule has 138 valence electrons. The lowest BCUT2D eigenvalue weighted by Crippen LogP contribution is -2.11. The number of fused-ring (bicyclic) bond motifs is 1. The van der Waals surface area contributed by atoms with E-state index in [-0.39, 0.29) is 5.91 Å². The zero-order chi connectivity index (χ0) is 18.8. The fourth-order valence-corrected chi connectivity index (χ4v) is 5.20. The Balaban J connectivity index is 1.56. The molecule has 0 spiro atoms. The van der Waals surface area contributed by atoms with E-state index in [0.29, 0.717) is 15.7 Å². The Morgan fingerprint density at radius 1 is 1.22 bits per heavy atom. The summed E-state index contributed by atoms with van der Waals surface area (Å²) in [4.78, 5) is 24.3. The van der Waals surface area contributed by atoms with Crippen LogP contribution in [0.2, 0.25) is 0 Å². The lowest BCUT2D eigenvalue weighted by atomic mass is 10.1. The number of nitrogens with zero attached hydrogens (tertiary/aromatic N) is 2. The van der Waals surface area contributed by atoms with Crippen LogP contribution in [0.3, 0.4) is 0 Å². The van der Waals surface area contributed by atoms with Crippen LogP contribution >= 0.6 is 34.0 Å². The zero-order valence-electron chi connectivity index (χ0n) is 14.7. The molecule has 27 heavy (non-hydrogen) atoms. The normalized spacial score (nSPS) is 11.1. The molecule has 0 radical (unpaired) electrons. The van der Waals surface area contributed by atoms with Gasteiger partial charge in [0, 0.05) is 16.5 Å². The van der Waals surface area contributed by atoms with Gasteiger partial charge in [-0.1, -0.05) is 19.4 Å². The molecule has 3 N–H and O–H groups in total. The minimum absolute atomic E-state index is 0.238. The Morgan fingerprint density at radius 2 is 2.11 bits per heavy atom. The fourth-order valence-electron chi connectivity index (χ4n) is 2.72. The number of rotatable bonds is 6. The van der Waals surface area contributed by atoms with E-state index < -0.39 is 0 Å². The molecule has 5 nitrogen and oxygen atoms in total. The molecule has 4 aromatic heterocycles. The maximum atomic E-state index is 12.7. The second-order valence-corrected chi connectivity index (χ2v) is 8.88. The van der Waals surface area contributed by atoms with Crippen LogP contribution in [0.5, 0.6) is 0 Å². The summed E-state index contributed by atoms with van der Waals surface area (Å²) < 4.78 is 0. The van der Waals surface area contributed by atoms with Crippen LogP contribution in [-0.4, -0.2) is 15.9 Å². The highest BCUT2D eigenvalue weighted by atomic mass is 32.1. The number of carbonyl (C=O) groups is 1. The first-order valence-electron chi connectivity index (χ1n) is 8.64. The van der Waals surface area contributed by atoms with Gasteiger partial charge in [-0.05, 0) is 36.4 Å². The number of thiophene rings is 2. The number of pyridine rings is 1. The highest BCUT2D eigenvalue weighted by molar-refractivity contribution is 7.21. The van der Waals surface area contributed by atoms with Gasteiger partial charge in [-0.15, -0.1) is 34.0 Å². The van der Waals surface area contributed by atoms with E-state index in [4.69, 9.17) is 5.73 Å². The Labute approximate surface area is 168 Å². The van der Waals surface area contributed by atoms with Crippen LogP contribution in [0.1, 0.15) is 35.1 Å². The van der Waals surface area contributed by atoms with Gasteiger partial charge in [0.1, 0.15) is 9.71 Å². The molecule has 8 heteroatoms. The molecular formula is C19H18N4OS3. The monoisotopic (exact) mass is 414 g/mol. The first-order chi connectivity index (χ1) is 13.2. The summed E-state index contributed by atoms with van der Waals surface area (Å²) in [5, 5.41) is 8.22. The highest BCUT2D eigenvalue weighted by Crippen LogP contribution is 2.34. The molecule has 0 fully saturated rings. The summed E-state index contributed by atoms with van der Waals surface area (Å²) in [5.74, 6) is -0.238. The number of unbranched alkanes of at least 4 members (excludes halogenated alkanes) is 1. The van der Waals surface area contributed by atoms with E-state index in [1.54, 1.807) is 11.3 Å². The lowest BCUT2D eigenvalue weighted by molar-refractivity contribution is 0.103. The number of thiazole rings is 1. The molecule has 0 aromatic carbocycles. The lowest BCUT2D eigenvalue weighted by Gasteiger charge is -2.00. The third kappa shape index (κ3) is 3.73. The molecule has 0 aliphatic rings. The largest absolute Gasteiger partial charge is 0.397 e. The minimum Gasteiger partial charge on any atom is -0.397 e. The maximum Gasteiger partial charge on any atom is 0.269 e. The molecule has 4 aromatic rings. The maximum absolute atomic E-state index is 12.7. The second kappa shape index (κ2) is 7.75. The van der Waals surface area contributed by atoms with Crippen molar-refractivity contribution >= 4 is 61.0 Å². The quantitative estimate of drug-likeness (QED) is 0.427. The number of carbonyl (C=O) groups excluding carboxylic acids is 1. The predicted octanol–water partition coefficient (Wildman–Crippen LogP) is 5.66. The number of nitrogen functional groups attached to an aromatic ring is 1. The third-order valence-corrected chi connectivity index (χ3v) is 6.91. The number of nitrogens with two attached hydrogens (primary N) is 1. The van der Waals surface area contributed by atoms with E-state index in [2.05, 4.69) is 22.2 Å². The van der Waals surface area contributed by atoms with Gasteiger partial charge in [-0.25, -0.2) is 9.97 Å². The molecule has 0 bridgehead atoms. The number of aromatic nitrogens is 2. The molecule has 4 heterocycles. The SMILES string of the molecule is CCCCc1ccc2c(N)c(C(=O)Nc3nc(-c4cccs4)cs3)sc2n1. The first kappa shape index (κ1) is 18.1. The van der Waals surface area contributed by atoms with Gasteiger partial charge in [0.15, 0.2) is 5.13 Å². The van der Waals surface area contributed by atoms with Gasteiger partial charge in [0.05, 0.1) is 16.3 Å². The summed E-state index contributed by atoms with van der Waals surface area (Å²) in [6, 6.07) is 7.96. The summed E-state index contributed by atoms with van der Waals surface area (Å²) in [7, 11) is 0. The Morgan fingerprint density at radius 3 is 2.89 bits per heavy atom. The molecule has 0 aliphatic heterocycles. The van der Waals surface area contributed by atoms with Gasteiger partial charge < -0.3 is 5.73 Å². The van der Waals surface area contributed by atoms with Crippen LogP contribution in [0.25, 0.3) is 20.8 Å². The van der Waals surface area contributed by atoms with Crippen molar-refractivity contribution in [3.8, 4) is 10.6 Å². The summed E-state index contributed by atoms with van der Waals surface area (Å²) in [6.07, 6.45) is 3.17. The van der Waals surface area contributed by atoms with Crippen molar-refractivity contribution in [3.63, 3.8) is 0 Å². The van der Waals surface area contributed by atoms with E-state index in [1.807, 2.05) is 35.0 Å². The predicted molar refractivity (Wildman–Crippen MR) is 116 cm³/mol. The molecule has 0 saturated heterocycles. The van der Waals surface area contributed by atoms with Crippen molar-refractivity contribution in [2.24, 2.45) is 0 Å². The average molecular weight is 415 g/mol. The summed E-state index contributed by atoms with van der Waals surface area (Å²) in [6.45, 7) is 2.16. The van der Waals surface area contributed by atoms with Crippen LogP contribution in [0, 0.1) is 0 Å². The fraction of sp³-hybridized carbons (Fsp3) is 0.211. The van der Waals surface area contributed by atoms with E-state index >= 15 is 0 Å². The summed E-state index contributed by atoms with van der Waals surface area (Å²) in [5.41, 5.74) is 8.62. The van der Waals surface area contributed by atoms with Crippen LogP contribution in [0.4, 0.5) is 10.8 Å². The molecule has 0 saturated carbocycles. The molecule has 0 atom stereocenters. The van der Waals surface area contributed by atoms with E-state index in [0.717, 1.165) is 45.7 Å². The van der Waals surface area contributed by atoms with Crippen LogP contribution < -0.4 is 11.1 Å². The number of amides is 1. The standard InChI is InChI=1S/C19H18N4OS3/c1-2-3-5-11-7-8-12-15(20)16(27-18(12)21-11)17(24)23-19-22-13(10-26-19)14-6-4-9-25-14/h4,6-10H,2-3,5,20H2,1H3,(H,22,23,24). The molecular weight excluding hydrogens is 396 g/mol. The van der Waals surface area contributed by atoms with Gasteiger partial charge in [0.2, 0.25) is 0 Å². The van der Waals surface area contributed by atoms with Crippen LogP contribution in [-0.2, 0) is 6.42 Å². The molecule has 0 aliphatic carbocycles.